The van der Waals surface area contributed by atoms with Gasteiger partial charge in [-0.3, -0.25) is 9.69 Å². The molecule has 1 aliphatic heterocycles. The minimum atomic E-state index is -0.314. The highest BCUT2D eigenvalue weighted by Crippen LogP contribution is 2.38. The molecule has 4 heteroatoms. The van der Waals surface area contributed by atoms with Crippen molar-refractivity contribution in [2.75, 3.05) is 7.05 Å². The molecule has 1 N–H and O–H groups in total. The van der Waals surface area contributed by atoms with E-state index < -0.39 is 0 Å². The molecule has 2 rings (SSSR count). The summed E-state index contributed by atoms with van der Waals surface area (Å²) in [4.78, 5) is 14.7. The highest BCUT2D eigenvalue weighted by Gasteiger charge is 2.47. The van der Waals surface area contributed by atoms with Gasteiger partial charge in [0.25, 0.3) is 0 Å². The Kier molecular flexibility index (Phi) is 3.69. The second-order valence-electron chi connectivity index (χ2n) is 6.19. The summed E-state index contributed by atoms with van der Waals surface area (Å²) in [7, 11) is 2.02. The van der Waals surface area contributed by atoms with Gasteiger partial charge in [0.15, 0.2) is 0 Å². The number of ketones is 1. The van der Waals surface area contributed by atoms with Crippen molar-refractivity contribution in [2.24, 2.45) is 0 Å². The van der Waals surface area contributed by atoms with Crippen molar-refractivity contribution in [3.63, 3.8) is 0 Å². The highest BCUT2D eigenvalue weighted by molar-refractivity contribution is 6.45. The van der Waals surface area contributed by atoms with Gasteiger partial charge in [0.1, 0.15) is 5.03 Å². The second-order valence-corrected chi connectivity index (χ2v) is 6.56. The molecule has 1 aromatic rings. The molecule has 1 aromatic carbocycles. The summed E-state index contributed by atoms with van der Waals surface area (Å²) >= 11 is 6.39. The number of Topliss-reactive ketones (excluding diaryl/α,β-unsaturated/α-hetero) is 1. The van der Waals surface area contributed by atoms with Gasteiger partial charge in [0, 0.05) is 5.56 Å². The number of nitrogens with zero attached hydrogens (tertiary/aromatic N) is 1. The average molecular weight is 293 g/mol. The number of halogens is 1. The minimum Gasteiger partial charge on any atom is -0.368 e. The van der Waals surface area contributed by atoms with Gasteiger partial charge in [-0.2, -0.15) is 0 Å². The van der Waals surface area contributed by atoms with E-state index in [0.29, 0.717) is 5.56 Å². The van der Waals surface area contributed by atoms with Gasteiger partial charge < -0.3 is 5.32 Å². The van der Waals surface area contributed by atoms with Crippen LogP contribution >= 0.6 is 11.6 Å². The van der Waals surface area contributed by atoms with Crippen molar-refractivity contribution in [3.8, 4) is 0 Å². The van der Waals surface area contributed by atoms with Crippen molar-refractivity contribution in [1.82, 2.24) is 10.2 Å². The molecule has 1 saturated heterocycles. The van der Waals surface area contributed by atoms with Crippen LogP contribution < -0.4 is 5.32 Å². The predicted molar refractivity (Wildman–Crippen MR) is 82.7 cm³/mol. The third kappa shape index (κ3) is 2.36. The van der Waals surface area contributed by atoms with Crippen LogP contribution in [0.1, 0.15) is 38.1 Å². The number of allylic oxidation sites excluding steroid dienone is 1. The summed E-state index contributed by atoms with van der Waals surface area (Å²) in [5.74, 6) is -0.144. The monoisotopic (exact) mass is 292 g/mol. The maximum Gasteiger partial charge on any atom is 0.206 e. The van der Waals surface area contributed by atoms with Crippen LogP contribution in [0.25, 0.3) is 0 Å². The van der Waals surface area contributed by atoms with Gasteiger partial charge in [0.05, 0.1) is 16.9 Å². The Hall–Kier alpha value is -1.32. The standard InChI is InChI=1S/C16H21ClN2O/c1-15(2)14(18-16(3,4)19(15)5)12(17)13(20)11-9-7-6-8-10-11/h6-10,18H,1-5H3/b14-12+. The van der Waals surface area contributed by atoms with Crippen molar-refractivity contribution in [3.05, 3.63) is 46.6 Å². The Labute approximate surface area is 125 Å². The van der Waals surface area contributed by atoms with E-state index in [4.69, 9.17) is 11.6 Å². The van der Waals surface area contributed by atoms with E-state index in [0.717, 1.165) is 5.70 Å². The molecule has 108 valence electrons. The lowest BCUT2D eigenvalue weighted by molar-refractivity contribution is 0.103. The molecule has 3 nitrogen and oxygen atoms in total. The summed E-state index contributed by atoms with van der Waals surface area (Å²) in [6, 6.07) is 9.12. The van der Waals surface area contributed by atoms with Crippen LogP contribution in [-0.4, -0.2) is 28.9 Å². The summed E-state index contributed by atoms with van der Waals surface area (Å²) in [6.45, 7) is 8.26. The molecule has 20 heavy (non-hydrogen) atoms. The Balaban J connectivity index is 2.45. The molecule has 0 amide bonds. The van der Waals surface area contributed by atoms with E-state index >= 15 is 0 Å². The van der Waals surface area contributed by atoms with E-state index in [2.05, 4.69) is 37.9 Å². The molecule has 0 aromatic heterocycles. The fourth-order valence-electron chi connectivity index (χ4n) is 2.56. The Morgan fingerprint density at radius 2 is 1.70 bits per heavy atom. The Morgan fingerprint density at radius 3 is 2.15 bits per heavy atom. The lowest BCUT2D eigenvalue weighted by Gasteiger charge is -2.34. The van der Waals surface area contributed by atoms with Crippen LogP contribution in [0.2, 0.25) is 0 Å². The highest BCUT2D eigenvalue weighted by atomic mass is 35.5. The van der Waals surface area contributed by atoms with Gasteiger partial charge >= 0.3 is 0 Å². The first-order valence-corrected chi connectivity index (χ1v) is 7.08. The van der Waals surface area contributed by atoms with E-state index in [9.17, 15) is 4.79 Å². The molecule has 0 spiro atoms. The number of hydrogen-bond donors (Lipinski definition) is 1. The fourth-order valence-corrected chi connectivity index (χ4v) is 2.95. The van der Waals surface area contributed by atoms with Crippen LogP contribution in [0.4, 0.5) is 0 Å². The quantitative estimate of drug-likeness (QED) is 0.670. The zero-order valence-corrected chi connectivity index (χ0v) is 13.4. The lowest BCUT2D eigenvalue weighted by atomic mass is 9.98. The van der Waals surface area contributed by atoms with E-state index in [1.165, 1.54) is 0 Å². The number of nitrogens with one attached hydrogen (secondary N) is 1. The molecular formula is C16H21ClN2O. The number of benzene rings is 1. The van der Waals surface area contributed by atoms with Crippen LogP contribution in [0.5, 0.6) is 0 Å². The second kappa shape index (κ2) is 4.90. The van der Waals surface area contributed by atoms with Crippen LogP contribution in [0.3, 0.4) is 0 Å². The van der Waals surface area contributed by atoms with E-state index in [1.807, 2.05) is 25.2 Å². The Morgan fingerprint density at radius 1 is 1.15 bits per heavy atom. The van der Waals surface area contributed by atoms with E-state index in [-0.39, 0.29) is 22.0 Å². The SMILES string of the molecule is CN1C(C)(C)N/C(=C(/Cl)C(=O)c2ccccc2)C1(C)C. The maximum atomic E-state index is 12.5. The first kappa shape index (κ1) is 15.1. The average Bonchev–Trinajstić information content (AvgIpc) is 2.58. The number of rotatable bonds is 2. The zero-order chi connectivity index (χ0) is 15.1. The Bertz CT molecular complexity index is 561. The lowest BCUT2D eigenvalue weighted by Crippen LogP contribution is -2.48. The first-order chi connectivity index (χ1) is 9.18. The number of hydrogen-bond acceptors (Lipinski definition) is 3. The molecule has 1 fully saturated rings. The predicted octanol–water partition coefficient (Wildman–Crippen LogP) is 3.37. The molecule has 1 heterocycles. The van der Waals surface area contributed by atoms with Crippen molar-refractivity contribution < 1.29 is 4.79 Å². The smallest absolute Gasteiger partial charge is 0.206 e. The fraction of sp³-hybridized carbons (Fsp3) is 0.438. The summed E-state index contributed by atoms with van der Waals surface area (Å²) in [5, 5.41) is 3.64. The largest absolute Gasteiger partial charge is 0.368 e. The third-order valence-corrected chi connectivity index (χ3v) is 4.54. The van der Waals surface area contributed by atoms with Gasteiger partial charge in [-0.05, 0) is 34.7 Å². The molecule has 0 radical (unpaired) electrons. The molecular weight excluding hydrogens is 272 g/mol. The molecule has 1 aliphatic rings. The normalized spacial score (nSPS) is 23.3. The van der Waals surface area contributed by atoms with Gasteiger partial charge in [0.2, 0.25) is 5.78 Å². The summed E-state index contributed by atoms with van der Waals surface area (Å²) in [6.07, 6.45) is 0. The molecule has 0 aliphatic carbocycles. The van der Waals surface area contributed by atoms with Crippen LogP contribution in [0, 0.1) is 0 Å². The van der Waals surface area contributed by atoms with Crippen molar-refractivity contribution >= 4 is 17.4 Å². The topological polar surface area (TPSA) is 32.3 Å². The zero-order valence-electron chi connectivity index (χ0n) is 12.6. The van der Waals surface area contributed by atoms with E-state index in [1.54, 1.807) is 12.1 Å². The summed E-state index contributed by atoms with van der Waals surface area (Å²) in [5.41, 5.74) is 0.830. The van der Waals surface area contributed by atoms with Crippen LogP contribution in [-0.2, 0) is 0 Å². The number of carbonyl (C=O) groups excluding carboxylic acids is 1. The van der Waals surface area contributed by atoms with Gasteiger partial charge in [-0.25, -0.2) is 0 Å². The molecule has 0 saturated carbocycles. The van der Waals surface area contributed by atoms with Crippen LogP contribution in [0.15, 0.2) is 41.1 Å². The summed E-state index contributed by atoms with van der Waals surface area (Å²) < 4.78 is 0. The van der Waals surface area contributed by atoms with Gasteiger partial charge in [-0.15, -0.1) is 0 Å². The van der Waals surface area contributed by atoms with Crippen molar-refractivity contribution in [1.29, 1.82) is 0 Å². The number of carbonyl (C=O) groups is 1. The molecule has 0 unspecified atom stereocenters. The van der Waals surface area contributed by atoms with Crippen molar-refractivity contribution in [2.45, 2.75) is 38.9 Å². The minimum absolute atomic E-state index is 0.144. The molecule has 0 atom stereocenters. The molecule has 0 bridgehead atoms. The first-order valence-electron chi connectivity index (χ1n) is 6.70. The maximum absolute atomic E-state index is 12.5. The van der Waals surface area contributed by atoms with Gasteiger partial charge in [-0.1, -0.05) is 41.9 Å². The third-order valence-electron chi connectivity index (χ3n) is 4.17. The number of likely N-dealkylation sites (N-methyl/N-ethyl adjacent to an activating group) is 1.